The topological polar surface area (TPSA) is 37.4 Å². The van der Waals surface area contributed by atoms with Crippen LogP contribution >= 0.6 is 0 Å². The first-order valence-electron chi connectivity index (χ1n) is 9.43. The molecule has 0 radical (unpaired) electrons. The van der Waals surface area contributed by atoms with Crippen LogP contribution < -0.4 is 4.90 Å². The van der Waals surface area contributed by atoms with E-state index in [2.05, 4.69) is 43.3 Å². The van der Waals surface area contributed by atoms with Crippen LogP contribution in [0.4, 0.5) is 5.69 Å². The second kappa shape index (κ2) is 7.45. The second-order valence-corrected chi connectivity index (χ2v) is 7.43. The zero-order chi connectivity index (χ0) is 18.7. The van der Waals surface area contributed by atoms with Gasteiger partial charge in [-0.2, -0.15) is 0 Å². The highest BCUT2D eigenvalue weighted by Gasteiger charge is 2.35. The minimum Gasteiger partial charge on any atom is -0.274 e. The SMILES string of the molecule is CC(=O)N(C(C)=O)c1ccc(C2(c3ccc(C)cc3)CCCCC2)cc1. The van der Waals surface area contributed by atoms with Crippen LogP contribution in [0.1, 0.15) is 62.6 Å². The quantitative estimate of drug-likeness (QED) is 0.769. The standard InChI is InChI=1S/C23H27NO2/c1-17-7-9-20(10-8-17)23(15-5-4-6-16-23)21-11-13-22(14-12-21)24(18(2)25)19(3)26/h7-14H,4-6,15-16H2,1-3H3. The molecule has 2 aromatic carbocycles. The summed E-state index contributed by atoms with van der Waals surface area (Å²) in [5.41, 5.74) is 4.58. The Kier molecular flexibility index (Phi) is 5.26. The molecule has 1 fully saturated rings. The Morgan fingerprint density at radius 3 is 1.69 bits per heavy atom. The molecule has 0 atom stereocenters. The number of carbonyl (C=O) groups is 2. The van der Waals surface area contributed by atoms with E-state index >= 15 is 0 Å². The Balaban J connectivity index is 2.01. The summed E-state index contributed by atoms with van der Waals surface area (Å²) in [6.07, 6.45) is 6.01. The van der Waals surface area contributed by atoms with Gasteiger partial charge in [0, 0.05) is 19.3 Å². The van der Waals surface area contributed by atoms with Crippen molar-refractivity contribution in [2.24, 2.45) is 0 Å². The average Bonchev–Trinajstić information content (AvgIpc) is 2.63. The highest BCUT2D eigenvalue weighted by atomic mass is 16.2. The van der Waals surface area contributed by atoms with Crippen LogP contribution in [-0.4, -0.2) is 11.8 Å². The van der Waals surface area contributed by atoms with E-state index < -0.39 is 0 Å². The monoisotopic (exact) mass is 349 g/mol. The van der Waals surface area contributed by atoms with Crippen LogP contribution in [0.3, 0.4) is 0 Å². The third kappa shape index (κ3) is 3.44. The molecule has 0 unspecified atom stereocenters. The van der Waals surface area contributed by atoms with Crippen LogP contribution in [0, 0.1) is 6.92 Å². The summed E-state index contributed by atoms with van der Waals surface area (Å²) in [5.74, 6) is -0.507. The number of hydrogen-bond acceptors (Lipinski definition) is 2. The first kappa shape index (κ1) is 18.4. The van der Waals surface area contributed by atoms with E-state index in [1.54, 1.807) is 0 Å². The lowest BCUT2D eigenvalue weighted by Gasteiger charge is -2.39. The molecule has 3 rings (SSSR count). The normalized spacial score (nSPS) is 16.1. The van der Waals surface area contributed by atoms with Crippen molar-refractivity contribution in [3.05, 3.63) is 65.2 Å². The van der Waals surface area contributed by atoms with E-state index in [0.717, 1.165) is 12.8 Å². The summed E-state index contributed by atoms with van der Waals surface area (Å²) in [5, 5.41) is 0. The summed E-state index contributed by atoms with van der Waals surface area (Å²) in [6, 6.07) is 16.9. The van der Waals surface area contributed by atoms with E-state index in [4.69, 9.17) is 0 Å². The molecule has 0 N–H and O–H groups in total. The molecule has 0 aromatic heterocycles. The highest BCUT2D eigenvalue weighted by Crippen LogP contribution is 2.45. The zero-order valence-corrected chi connectivity index (χ0v) is 15.9. The van der Waals surface area contributed by atoms with E-state index in [1.165, 1.54) is 54.7 Å². The molecule has 1 saturated carbocycles. The van der Waals surface area contributed by atoms with Gasteiger partial charge < -0.3 is 0 Å². The number of carbonyl (C=O) groups excluding carboxylic acids is 2. The molecule has 2 aromatic rings. The number of amides is 2. The molecule has 0 spiro atoms. The van der Waals surface area contributed by atoms with Crippen LogP contribution in [0.2, 0.25) is 0 Å². The van der Waals surface area contributed by atoms with Gasteiger partial charge in [0.1, 0.15) is 0 Å². The zero-order valence-electron chi connectivity index (χ0n) is 15.9. The lowest BCUT2D eigenvalue weighted by atomic mass is 9.65. The van der Waals surface area contributed by atoms with Gasteiger partial charge in [0.25, 0.3) is 0 Å². The predicted octanol–water partition coefficient (Wildman–Crippen LogP) is 5.14. The molecule has 1 aliphatic rings. The van der Waals surface area contributed by atoms with Crippen molar-refractivity contribution in [1.29, 1.82) is 0 Å². The van der Waals surface area contributed by atoms with Crippen molar-refractivity contribution >= 4 is 17.5 Å². The Labute approximate surface area is 156 Å². The van der Waals surface area contributed by atoms with Gasteiger partial charge in [0.15, 0.2) is 0 Å². The molecule has 26 heavy (non-hydrogen) atoms. The number of hydrogen-bond donors (Lipinski definition) is 0. The van der Waals surface area contributed by atoms with Gasteiger partial charge in [0.05, 0.1) is 5.69 Å². The number of nitrogens with zero attached hydrogens (tertiary/aromatic N) is 1. The van der Waals surface area contributed by atoms with Gasteiger partial charge in [-0.15, -0.1) is 0 Å². The first-order chi connectivity index (χ1) is 12.4. The maximum atomic E-state index is 11.8. The summed E-state index contributed by atoms with van der Waals surface area (Å²) in [7, 11) is 0. The van der Waals surface area contributed by atoms with Crippen molar-refractivity contribution in [2.75, 3.05) is 4.90 Å². The number of aryl methyl sites for hydroxylation is 1. The Morgan fingerprint density at radius 2 is 1.23 bits per heavy atom. The molecular formula is C23H27NO2. The summed E-state index contributed by atoms with van der Waals surface area (Å²) < 4.78 is 0. The van der Waals surface area contributed by atoms with Crippen molar-refractivity contribution in [3.8, 4) is 0 Å². The van der Waals surface area contributed by atoms with E-state index in [9.17, 15) is 9.59 Å². The molecule has 0 heterocycles. The van der Waals surface area contributed by atoms with Gasteiger partial charge in [0.2, 0.25) is 11.8 Å². The molecule has 3 heteroatoms. The number of imide groups is 1. The Bertz CT molecular complexity index is 770. The fourth-order valence-electron chi connectivity index (χ4n) is 4.29. The fraction of sp³-hybridized carbons (Fsp3) is 0.391. The number of rotatable bonds is 3. The smallest absolute Gasteiger partial charge is 0.230 e. The maximum absolute atomic E-state index is 11.8. The Morgan fingerprint density at radius 1 is 0.769 bits per heavy atom. The lowest BCUT2D eigenvalue weighted by Crippen LogP contribution is -2.33. The van der Waals surface area contributed by atoms with Crippen molar-refractivity contribution < 1.29 is 9.59 Å². The summed E-state index contributed by atoms with van der Waals surface area (Å²) in [4.78, 5) is 24.8. The van der Waals surface area contributed by atoms with E-state index in [1.807, 2.05) is 12.1 Å². The molecule has 0 bridgehead atoms. The molecular weight excluding hydrogens is 322 g/mol. The number of anilines is 1. The molecule has 136 valence electrons. The highest BCUT2D eigenvalue weighted by molar-refractivity contribution is 6.13. The minimum atomic E-state index is -0.254. The van der Waals surface area contributed by atoms with Crippen molar-refractivity contribution in [2.45, 2.75) is 58.3 Å². The number of benzene rings is 2. The Hall–Kier alpha value is -2.42. The van der Waals surface area contributed by atoms with Gasteiger partial charge in [-0.3, -0.25) is 14.5 Å². The van der Waals surface area contributed by atoms with Gasteiger partial charge >= 0.3 is 0 Å². The average molecular weight is 349 g/mol. The van der Waals surface area contributed by atoms with Crippen LogP contribution in [0.25, 0.3) is 0 Å². The van der Waals surface area contributed by atoms with E-state index in [-0.39, 0.29) is 17.2 Å². The van der Waals surface area contributed by atoms with Crippen LogP contribution in [0.15, 0.2) is 48.5 Å². The molecule has 1 aliphatic carbocycles. The van der Waals surface area contributed by atoms with Gasteiger partial charge in [-0.25, -0.2) is 0 Å². The third-order valence-electron chi connectivity index (χ3n) is 5.62. The van der Waals surface area contributed by atoms with Crippen LogP contribution in [-0.2, 0) is 15.0 Å². The summed E-state index contributed by atoms with van der Waals surface area (Å²) >= 11 is 0. The largest absolute Gasteiger partial charge is 0.274 e. The minimum absolute atomic E-state index is 0.0295. The molecule has 2 amide bonds. The van der Waals surface area contributed by atoms with Gasteiger partial charge in [-0.05, 0) is 43.0 Å². The summed E-state index contributed by atoms with van der Waals surface area (Å²) in [6.45, 7) is 4.96. The molecule has 0 saturated heterocycles. The third-order valence-corrected chi connectivity index (χ3v) is 5.62. The van der Waals surface area contributed by atoms with Gasteiger partial charge in [-0.1, -0.05) is 61.2 Å². The van der Waals surface area contributed by atoms with Crippen molar-refractivity contribution in [3.63, 3.8) is 0 Å². The predicted molar refractivity (Wildman–Crippen MR) is 105 cm³/mol. The van der Waals surface area contributed by atoms with Crippen molar-refractivity contribution in [1.82, 2.24) is 0 Å². The first-order valence-corrected chi connectivity index (χ1v) is 9.43. The molecule has 0 aliphatic heterocycles. The fourth-order valence-corrected chi connectivity index (χ4v) is 4.29. The van der Waals surface area contributed by atoms with E-state index in [0.29, 0.717) is 5.69 Å². The van der Waals surface area contributed by atoms with Crippen LogP contribution in [0.5, 0.6) is 0 Å². The lowest BCUT2D eigenvalue weighted by molar-refractivity contribution is -0.124. The second-order valence-electron chi connectivity index (χ2n) is 7.43. The maximum Gasteiger partial charge on any atom is 0.230 e. The molecule has 3 nitrogen and oxygen atoms in total.